The summed E-state index contributed by atoms with van der Waals surface area (Å²) in [5.74, 6) is 0. The van der Waals surface area contributed by atoms with Crippen molar-refractivity contribution in [1.82, 2.24) is 0 Å². The van der Waals surface area contributed by atoms with Crippen molar-refractivity contribution in [1.29, 1.82) is 0 Å². The Labute approximate surface area is 155 Å². The monoisotopic (exact) mass is 354 g/mol. The summed E-state index contributed by atoms with van der Waals surface area (Å²) in [6.07, 6.45) is 2.63. The Morgan fingerprint density at radius 3 is 1.19 bits per heavy atom. The zero-order valence-corrected chi connectivity index (χ0v) is 15.8. The standard InChI is InChI=1S/C24H28F2/c1-3-5-15-21(25)23-17-11-7-9-13-19(17)24(22(26)16-6-4-2)20-14-10-8-12-18(20)23/h7-14,21-22H,3-6,15-16H2,1-2H3. The Bertz CT molecular complexity index is 740. The molecule has 0 nitrogen and oxygen atoms in total. The molecule has 0 aliphatic carbocycles. The molecule has 0 heterocycles. The molecule has 0 amide bonds. The molecule has 0 N–H and O–H groups in total. The number of unbranched alkanes of at least 4 members (excludes halogenated alkanes) is 2. The molecule has 26 heavy (non-hydrogen) atoms. The lowest BCUT2D eigenvalue weighted by atomic mass is 9.86. The van der Waals surface area contributed by atoms with Crippen LogP contribution in [0.4, 0.5) is 8.78 Å². The third-order valence-electron chi connectivity index (χ3n) is 5.26. The molecular formula is C24H28F2. The average Bonchev–Trinajstić information content (AvgIpc) is 2.68. The second-order valence-electron chi connectivity index (χ2n) is 7.14. The summed E-state index contributed by atoms with van der Waals surface area (Å²) in [5.41, 5.74) is 1.46. The second kappa shape index (κ2) is 8.62. The van der Waals surface area contributed by atoms with Crippen molar-refractivity contribution in [3.63, 3.8) is 0 Å². The first-order valence-electron chi connectivity index (χ1n) is 9.90. The molecule has 0 saturated heterocycles. The molecule has 3 rings (SSSR count). The Hall–Kier alpha value is -1.96. The fourth-order valence-electron chi connectivity index (χ4n) is 3.93. The van der Waals surface area contributed by atoms with E-state index in [0.717, 1.165) is 58.4 Å². The van der Waals surface area contributed by atoms with Crippen LogP contribution in [-0.4, -0.2) is 0 Å². The minimum atomic E-state index is -1.02. The van der Waals surface area contributed by atoms with E-state index in [4.69, 9.17) is 0 Å². The van der Waals surface area contributed by atoms with E-state index >= 15 is 8.78 Å². The van der Waals surface area contributed by atoms with Crippen molar-refractivity contribution < 1.29 is 8.78 Å². The lowest BCUT2D eigenvalue weighted by molar-refractivity contribution is 0.317. The van der Waals surface area contributed by atoms with Gasteiger partial charge in [0.15, 0.2) is 0 Å². The Balaban J connectivity index is 2.28. The highest BCUT2D eigenvalue weighted by molar-refractivity contribution is 6.06. The lowest BCUT2D eigenvalue weighted by Crippen LogP contribution is -2.01. The third kappa shape index (κ3) is 3.60. The lowest BCUT2D eigenvalue weighted by Gasteiger charge is -2.21. The van der Waals surface area contributed by atoms with Crippen LogP contribution in [-0.2, 0) is 0 Å². The molecule has 0 spiro atoms. The van der Waals surface area contributed by atoms with E-state index in [2.05, 4.69) is 13.8 Å². The van der Waals surface area contributed by atoms with Crippen molar-refractivity contribution in [2.45, 2.75) is 64.7 Å². The number of hydrogen-bond donors (Lipinski definition) is 0. The van der Waals surface area contributed by atoms with E-state index in [1.807, 2.05) is 48.5 Å². The number of benzene rings is 3. The number of fused-ring (bicyclic) bond motifs is 2. The van der Waals surface area contributed by atoms with Crippen molar-refractivity contribution in [2.24, 2.45) is 0 Å². The summed E-state index contributed by atoms with van der Waals surface area (Å²) in [7, 11) is 0. The van der Waals surface area contributed by atoms with Crippen LogP contribution in [0.3, 0.4) is 0 Å². The minimum absolute atomic E-state index is 0.513. The van der Waals surface area contributed by atoms with E-state index in [9.17, 15) is 0 Å². The van der Waals surface area contributed by atoms with Gasteiger partial charge >= 0.3 is 0 Å². The summed E-state index contributed by atoms with van der Waals surface area (Å²) in [6.45, 7) is 4.15. The van der Waals surface area contributed by atoms with Crippen LogP contribution >= 0.6 is 0 Å². The van der Waals surface area contributed by atoms with Gasteiger partial charge in [-0.15, -0.1) is 0 Å². The van der Waals surface area contributed by atoms with Crippen LogP contribution in [0.15, 0.2) is 48.5 Å². The number of rotatable bonds is 8. The summed E-state index contributed by atoms with van der Waals surface area (Å²) >= 11 is 0. The molecule has 3 aromatic carbocycles. The molecule has 0 saturated carbocycles. The van der Waals surface area contributed by atoms with Crippen LogP contribution in [0, 0.1) is 0 Å². The van der Waals surface area contributed by atoms with Gasteiger partial charge in [-0.1, -0.05) is 88.1 Å². The molecule has 0 aliphatic rings. The van der Waals surface area contributed by atoms with E-state index in [-0.39, 0.29) is 0 Å². The zero-order chi connectivity index (χ0) is 18.5. The number of hydrogen-bond acceptors (Lipinski definition) is 0. The number of halogens is 2. The Morgan fingerprint density at radius 1 is 0.615 bits per heavy atom. The fraction of sp³-hybridized carbons (Fsp3) is 0.417. The second-order valence-corrected chi connectivity index (χ2v) is 7.14. The molecular weight excluding hydrogens is 326 g/mol. The number of alkyl halides is 2. The maximum absolute atomic E-state index is 15.2. The molecule has 0 aromatic heterocycles. The smallest absolute Gasteiger partial charge is 0.126 e. The summed E-state index contributed by atoms with van der Waals surface area (Å²) in [5, 5.41) is 3.46. The van der Waals surface area contributed by atoms with Crippen LogP contribution in [0.1, 0.15) is 75.8 Å². The quantitative estimate of drug-likeness (QED) is 0.356. The third-order valence-corrected chi connectivity index (χ3v) is 5.26. The summed E-state index contributed by atoms with van der Waals surface area (Å²) in [4.78, 5) is 0. The van der Waals surface area contributed by atoms with E-state index in [1.165, 1.54) is 0 Å². The van der Waals surface area contributed by atoms with Crippen molar-refractivity contribution in [3.05, 3.63) is 59.7 Å². The van der Waals surface area contributed by atoms with Gasteiger partial charge in [0.05, 0.1) is 0 Å². The summed E-state index contributed by atoms with van der Waals surface area (Å²) < 4.78 is 30.4. The van der Waals surface area contributed by atoms with Gasteiger partial charge in [0.25, 0.3) is 0 Å². The predicted molar refractivity (Wildman–Crippen MR) is 108 cm³/mol. The average molecular weight is 354 g/mol. The minimum Gasteiger partial charge on any atom is -0.242 e. The van der Waals surface area contributed by atoms with Crippen molar-refractivity contribution >= 4 is 21.5 Å². The van der Waals surface area contributed by atoms with Gasteiger partial charge in [0, 0.05) is 11.1 Å². The first-order valence-corrected chi connectivity index (χ1v) is 9.90. The van der Waals surface area contributed by atoms with E-state index < -0.39 is 12.3 Å². The fourth-order valence-corrected chi connectivity index (χ4v) is 3.93. The van der Waals surface area contributed by atoms with Gasteiger partial charge in [0.2, 0.25) is 0 Å². The van der Waals surface area contributed by atoms with Crippen LogP contribution in [0.25, 0.3) is 21.5 Å². The van der Waals surface area contributed by atoms with Crippen molar-refractivity contribution in [2.75, 3.05) is 0 Å². The first kappa shape index (κ1) is 18.8. The summed E-state index contributed by atoms with van der Waals surface area (Å²) in [6, 6.07) is 15.5. The largest absolute Gasteiger partial charge is 0.242 e. The Morgan fingerprint density at radius 2 is 0.923 bits per heavy atom. The van der Waals surface area contributed by atoms with Gasteiger partial charge in [-0.3, -0.25) is 0 Å². The van der Waals surface area contributed by atoms with Crippen LogP contribution in [0.5, 0.6) is 0 Å². The van der Waals surface area contributed by atoms with Crippen molar-refractivity contribution in [3.8, 4) is 0 Å². The zero-order valence-electron chi connectivity index (χ0n) is 15.8. The highest BCUT2D eigenvalue weighted by Gasteiger charge is 2.23. The normalized spacial score (nSPS) is 14.0. The van der Waals surface area contributed by atoms with E-state index in [0.29, 0.717) is 12.8 Å². The maximum atomic E-state index is 15.2. The van der Waals surface area contributed by atoms with Crippen LogP contribution in [0.2, 0.25) is 0 Å². The topological polar surface area (TPSA) is 0 Å². The van der Waals surface area contributed by atoms with Gasteiger partial charge in [-0.2, -0.15) is 0 Å². The Kier molecular flexibility index (Phi) is 6.24. The highest BCUT2D eigenvalue weighted by Crippen LogP contribution is 2.43. The molecule has 138 valence electrons. The molecule has 2 unspecified atom stereocenters. The highest BCUT2D eigenvalue weighted by atomic mass is 19.1. The maximum Gasteiger partial charge on any atom is 0.126 e. The van der Waals surface area contributed by atoms with Gasteiger partial charge in [0.1, 0.15) is 12.3 Å². The van der Waals surface area contributed by atoms with Gasteiger partial charge in [-0.05, 0) is 34.4 Å². The molecule has 3 aromatic rings. The molecule has 0 fully saturated rings. The van der Waals surface area contributed by atoms with Gasteiger partial charge in [-0.25, -0.2) is 8.78 Å². The molecule has 0 aliphatic heterocycles. The van der Waals surface area contributed by atoms with Crippen LogP contribution < -0.4 is 0 Å². The first-order chi connectivity index (χ1) is 12.7. The molecule has 0 bridgehead atoms. The SMILES string of the molecule is CCCCC(F)c1c2ccccc2c(C(F)CCCC)c2ccccc12. The molecule has 0 radical (unpaired) electrons. The predicted octanol–water partition coefficient (Wildman–Crippen LogP) is 8.39. The van der Waals surface area contributed by atoms with Gasteiger partial charge < -0.3 is 0 Å². The van der Waals surface area contributed by atoms with E-state index in [1.54, 1.807) is 0 Å². The molecule has 2 heteroatoms. The molecule has 2 atom stereocenters.